The van der Waals surface area contributed by atoms with Crippen molar-refractivity contribution >= 4 is 5.82 Å². The maximum Gasteiger partial charge on any atom is 0.129 e. The van der Waals surface area contributed by atoms with Crippen LogP contribution in [0.15, 0.2) is 42.9 Å². The average molecular weight is 201 g/mol. The Labute approximate surface area is 87.6 Å². The molecule has 1 aromatic heterocycles. The number of nitrogens with one attached hydrogen (secondary N) is 1. The van der Waals surface area contributed by atoms with Gasteiger partial charge in [-0.15, -0.1) is 0 Å². The summed E-state index contributed by atoms with van der Waals surface area (Å²) >= 11 is 0. The molecule has 15 heavy (non-hydrogen) atoms. The van der Waals surface area contributed by atoms with E-state index in [2.05, 4.69) is 15.3 Å². The average Bonchev–Trinajstić information content (AvgIpc) is 2.28. The van der Waals surface area contributed by atoms with Gasteiger partial charge in [0.1, 0.15) is 17.9 Å². The third-order valence-electron chi connectivity index (χ3n) is 1.97. The first kappa shape index (κ1) is 9.45. The Hall–Kier alpha value is -2.10. The van der Waals surface area contributed by atoms with Gasteiger partial charge in [-0.05, 0) is 23.8 Å². The lowest BCUT2D eigenvalue weighted by molar-refractivity contribution is 0.474. The van der Waals surface area contributed by atoms with Crippen molar-refractivity contribution in [3.8, 4) is 5.75 Å². The molecule has 2 aromatic rings. The number of phenolic OH excluding ortho intramolecular Hbond substituents is 1. The Balaban J connectivity index is 1.99. The Morgan fingerprint density at radius 2 is 2.20 bits per heavy atom. The smallest absolute Gasteiger partial charge is 0.129 e. The third-order valence-corrected chi connectivity index (χ3v) is 1.97. The summed E-state index contributed by atoms with van der Waals surface area (Å²) in [5.41, 5.74) is 1.01. The first-order chi connectivity index (χ1) is 7.34. The van der Waals surface area contributed by atoms with Crippen molar-refractivity contribution in [2.45, 2.75) is 6.54 Å². The summed E-state index contributed by atoms with van der Waals surface area (Å²) in [4.78, 5) is 7.85. The number of aromatic nitrogens is 2. The maximum absolute atomic E-state index is 9.26. The zero-order valence-corrected chi connectivity index (χ0v) is 8.09. The quantitative estimate of drug-likeness (QED) is 0.794. The SMILES string of the molecule is Oc1cccc(CNc2ccncn2)c1. The summed E-state index contributed by atoms with van der Waals surface area (Å²) in [6.45, 7) is 0.630. The highest BCUT2D eigenvalue weighted by Crippen LogP contribution is 2.11. The fourth-order valence-electron chi connectivity index (χ4n) is 1.25. The van der Waals surface area contributed by atoms with Crippen molar-refractivity contribution in [1.29, 1.82) is 0 Å². The summed E-state index contributed by atoms with van der Waals surface area (Å²) in [6, 6.07) is 8.91. The standard InChI is InChI=1S/C11H11N3O/c15-10-3-1-2-9(6-10)7-13-11-4-5-12-8-14-11/h1-6,8,15H,7H2,(H,12,13,14). The molecule has 0 aliphatic rings. The molecule has 4 heteroatoms. The molecule has 1 aromatic carbocycles. The predicted octanol–water partition coefficient (Wildman–Crippen LogP) is 1.79. The Bertz CT molecular complexity index is 431. The van der Waals surface area contributed by atoms with E-state index in [4.69, 9.17) is 0 Å². The van der Waals surface area contributed by atoms with Crippen LogP contribution in [0, 0.1) is 0 Å². The number of phenols is 1. The van der Waals surface area contributed by atoms with E-state index in [1.54, 1.807) is 24.4 Å². The van der Waals surface area contributed by atoms with Crippen LogP contribution in [0.2, 0.25) is 0 Å². The molecule has 0 bridgehead atoms. The van der Waals surface area contributed by atoms with Crippen molar-refractivity contribution in [3.63, 3.8) is 0 Å². The van der Waals surface area contributed by atoms with Crippen molar-refractivity contribution in [2.24, 2.45) is 0 Å². The van der Waals surface area contributed by atoms with Crippen LogP contribution in [-0.4, -0.2) is 15.1 Å². The number of anilines is 1. The predicted molar refractivity (Wildman–Crippen MR) is 57.5 cm³/mol. The van der Waals surface area contributed by atoms with Gasteiger partial charge >= 0.3 is 0 Å². The largest absolute Gasteiger partial charge is 0.508 e. The van der Waals surface area contributed by atoms with Crippen molar-refractivity contribution in [1.82, 2.24) is 9.97 Å². The Morgan fingerprint density at radius 3 is 2.93 bits per heavy atom. The molecule has 0 amide bonds. The molecule has 2 N–H and O–H groups in total. The summed E-state index contributed by atoms with van der Waals surface area (Å²) in [5.74, 6) is 1.05. The molecule has 0 spiro atoms. The van der Waals surface area contributed by atoms with E-state index in [1.807, 2.05) is 12.1 Å². The van der Waals surface area contributed by atoms with Crippen LogP contribution in [0.4, 0.5) is 5.82 Å². The normalized spacial score (nSPS) is 9.87. The highest BCUT2D eigenvalue weighted by molar-refractivity contribution is 5.35. The summed E-state index contributed by atoms with van der Waals surface area (Å²) in [7, 11) is 0. The molecule has 76 valence electrons. The van der Waals surface area contributed by atoms with E-state index >= 15 is 0 Å². The van der Waals surface area contributed by atoms with E-state index in [0.717, 1.165) is 11.4 Å². The molecule has 0 saturated heterocycles. The lowest BCUT2D eigenvalue weighted by Crippen LogP contribution is -2.00. The fraction of sp³-hybridized carbons (Fsp3) is 0.0909. The van der Waals surface area contributed by atoms with Gasteiger partial charge in [0, 0.05) is 12.7 Å². The van der Waals surface area contributed by atoms with Gasteiger partial charge in [-0.2, -0.15) is 0 Å². The van der Waals surface area contributed by atoms with Crippen LogP contribution in [0.5, 0.6) is 5.75 Å². The molecule has 4 nitrogen and oxygen atoms in total. The number of rotatable bonds is 3. The Kier molecular flexibility index (Phi) is 2.78. The minimum Gasteiger partial charge on any atom is -0.508 e. The number of hydrogen-bond donors (Lipinski definition) is 2. The zero-order valence-electron chi connectivity index (χ0n) is 8.09. The molecule has 0 fully saturated rings. The molecule has 0 aliphatic carbocycles. The zero-order chi connectivity index (χ0) is 10.5. The van der Waals surface area contributed by atoms with E-state index in [9.17, 15) is 5.11 Å². The molecular weight excluding hydrogens is 190 g/mol. The lowest BCUT2D eigenvalue weighted by atomic mass is 10.2. The topological polar surface area (TPSA) is 58.0 Å². The second kappa shape index (κ2) is 4.41. The minimum absolute atomic E-state index is 0.275. The summed E-state index contributed by atoms with van der Waals surface area (Å²) < 4.78 is 0. The molecule has 1 heterocycles. The van der Waals surface area contributed by atoms with Crippen LogP contribution in [0.25, 0.3) is 0 Å². The van der Waals surface area contributed by atoms with Crippen LogP contribution in [0.3, 0.4) is 0 Å². The first-order valence-corrected chi connectivity index (χ1v) is 4.62. The van der Waals surface area contributed by atoms with E-state index < -0.39 is 0 Å². The third kappa shape index (κ3) is 2.67. The first-order valence-electron chi connectivity index (χ1n) is 4.62. The monoisotopic (exact) mass is 201 g/mol. The van der Waals surface area contributed by atoms with Gasteiger partial charge in [-0.1, -0.05) is 12.1 Å². The van der Waals surface area contributed by atoms with Crippen molar-refractivity contribution in [2.75, 3.05) is 5.32 Å². The molecule has 0 aliphatic heterocycles. The van der Waals surface area contributed by atoms with Crippen molar-refractivity contribution in [3.05, 3.63) is 48.4 Å². The lowest BCUT2D eigenvalue weighted by Gasteiger charge is -2.04. The van der Waals surface area contributed by atoms with Gasteiger partial charge in [0.05, 0.1) is 0 Å². The Morgan fingerprint density at radius 1 is 1.27 bits per heavy atom. The van der Waals surface area contributed by atoms with Gasteiger partial charge in [0.2, 0.25) is 0 Å². The van der Waals surface area contributed by atoms with Crippen LogP contribution in [-0.2, 0) is 6.54 Å². The van der Waals surface area contributed by atoms with Crippen LogP contribution in [0.1, 0.15) is 5.56 Å². The molecule has 0 atom stereocenters. The second-order valence-electron chi connectivity index (χ2n) is 3.12. The fourth-order valence-corrected chi connectivity index (χ4v) is 1.25. The minimum atomic E-state index is 0.275. The number of aromatic hydroxyl groups is 1. The highest BCUT2D eigenvalue weighted by atomic mass is 16.3. The number of nitrogens with zero attached hydrogens (tertiary/aromatic N) is 2. The molecule has 0 radical (unpaired) electrons. The van der Waals surface area contributed by atoms with E-state index in [-0.39, 0.29) is 5.75 Å². The molecular formula is C11H11N3O. The number of hydrogen-bond acceptors (Lipinski definition) is 4. The van der Waals surface area contributed by atoms with Gasteiger partial charge in [0.15, 0.2) is 0 Å². The van der Waals surface area contributed by atoms with Crippen LogP contribution >= 0.6 is 0 Å². The summed E-state index contributed by atoms with van der Waals surface area (Å²) in [5, 5.41) is 12.4. The summed E-state index contributed by atoms with van der Waals surface area (Å²) in [6.07, 6.45) is 3.17. The van der Waals surface area contributed by atoms with Gasteiger partial charge in [-0.3, -0.25) is 0 Å². The molecule has 0 unspecified atom stereocenters. The maximum atomic E-state index is 9.26. The van der Waals surface area contributed by atoms with Crippen molar-refractivity contribution < 1.29 is 5.11 Å². The second-order valence-corrected chi connectivity index (χ2v) is 3.12. The number of benzene rings is 1. The molecule has 0 saturated carbocycles. The van der Waals surface area contributed by atoms with E-state index in [1.165, 1.54) is 6.33 Å². The molecule has 2 rings (SSSR count). The van der Waals surface area contributed by atoms with E-state index in [0.29, 0.717) is 6.54 Å². The van der Waals surface area contributed by atoms with Gasteiger partial charge in [0.25, 0.3) is 0 Å². The highest BCUT2D eigenvalue weighted by Gasteiger charge is 1.95. The van der Waals surface area contributed by atoms with Gasteiger partial charge in [-0.25, -0.2) is 9.97 Å². The van der Waals surface area contributed by atoms with Crippen LogP contribution < -0.4 is 5.32 Å². The van der Waals surface area contributed by atoms with Gasteiger partial charge < -0.3 is 10.4 Å².